The van der Waals surface area contributed by atoms with Crippen LogP contribution in [0.15, 0.2) is 65.7 Å². The minimum atomic E-state index is -0.354. The molecule has 0 bridgehead atoms. The summed E-state index contributed by atoms with van der Waals surface area (Å²) in [5.74, 6) is 0.393. The molecule has 1 aliphatic rings. The molecule has 0 unspecified atom stereocenters. The van der Waals surface area contributed by atoms with Crippen LogP contribution in [0.1, 0.15) is 16.7 Å². The molecule has 0 atom stereocenters. The molecule has 5 rings (SSSR count). The van der Waals surface area contributed by atoms with Crippen molar-refractivity contribution in [1.29, 1.82) is 0 Å². The van der Waals surface area contributed by atoms with E-state index in [1.807, 2.05) is 31.2 Å². The quantitative estimate of drug-likeness (QED) is 0.464. The number of fused-ring (bicyclic) bond motifs is 1. The van der Waals surface area contributed by atoms with Gasteiger partial charge < -0.3 is 15.1 Å². The van der Waals surface area contributed by atoms with E-state index in [0.29, 0.717) is 18.0 Å². The van der Waals surface area contributed by atoms with Crippen LogP contribution in [0.25, 0.3) is 5.65 Å². The normalized spacial score (nSPS) is 13.9. The number of aromatic nitrogens is 4. The second-order valence-electron chi connectivity index (χ2n) is 8.96. The van der Waals surface area contributed by atoms with Crippen molar-refractivity contribution in [3.8, 4) is 0 Å². The van der Waals surface area contributed by atoms with Crippen LogP contribution < -0.4 is 20.8 Å². The zero-order valence-electron chi connectivity index (χ0n) is 20.0. The van der Waals surface area contributed by atoms with Gasteiger partial charge in [-0.2, -0.15) is 0 Å². The third-order valence-electron chi connectivity index (χ3n) is 6.37. The number of amides is 1. The molecule has 2 aromatic carbocycles. The van der Waals surface area contributed by atoms with Crippen LogP contribution in [-0.4, -0.2) is 51.3 Å². The van der Waals surface area contributed by atoms with Gasteiger partial charge in [0.2, 0.25) is 11.6 Å². The summed E-state index contributed by atoms with van der Waals surface area (Å²) < 4.78 is 2.66. The van der Waals surface area contributed by atoms with Gasteiger partial charge in [-0.1, -0.05) is 47.5 Å². The van der Waals surface area contributed by atoms with Crippen LogP contribution in [0.2, 0.25) is 0 Å². The largest absolute Gasteiger partial charge is 0.368 e. The number of benzene rings is 2. The maximum atomic E-state index is 12.9. The van der Waals surface area contributed by atoms with Gasteiger partial charge in [0.15, 0.2) is 5.82 Å². The Morgan fingerprint density at radius 2 is 1.54 bits per heavy atom. The first-order valence-corrected chi connectivity index (χ1v) is 11.8. The van der Waals surface area contributed by atoms with Gasteiger partial charge in [-0.25, -0.2) is 18.9 Å². The summed E-state index contributed by atoms with van der Waals surface area (Å²) in [5.41, 5.74) is 4.73. The highest BCUT2D eigenvalue weighted by atomic mass is 16.2. The van der Waals surface area contributed by atoms with Crippen LogP contribution >= 0.6 is 0 Å². The molecule has 4 aromatic rings. The molecule has 0 radical (unpaired) electrons. The Balaban J connectivity index is 1.27. The fourth-order valence-corrected chi connectivity index (χ4v) is 4.29. The van der Waals surface area contributed by atoms with E-state index in [-0.39, 0.29) is 18.1 Å². The van der Waals surface area contributed by atoms with Gasteiger partial charge in [0.25, 0.3) is 0 Å². The molecular weight excluding hydrogens is 442 g/mol. The van der Waals surface area contributed by atoms with Crippen LogP contribution in [0.5, 0.6) is 0 Å². The van der Waals surface area contributed by atoms with Crippen LogP contribution in [-0.2, 0) is 17.9 Å². The van der Waals surface area contributed by atoms with Crippen molar-refractivity contribution in [2.75, 3.05) is 36.0 Å². The van der Waals surface area contributed by atoms with Crippen LogP contribution in [0.4, 0.5) is 11.5 Å². The molecule has 1 saturated heterocycles. The fourth-order valence-electron chi connectivity index (χ4n) is 4.29. The number of rotatable bonds is 6. The summed E-state index contributed by atoms with van der Waals surface area (Å²) >= 11 is 0. The monoisotopic (exact) mass is 471 g/mol. The van der Waals surface area contributed by atoms with Gasteiger partial charge >= 0.3 is 5.69 Å². The summed E-state index contributed by atoms with van der Waals surface area (Å²) in [4.78, 5) is 34.4. The first-order valence-electron chi connectivity index (χ1n) is 11.8. The van der Waals surface area contributed by atoms with Gasteiger partial charge in [0, 0.05) is 50.8 Å². The standard InChI is InChI=1S/C26H29N7O2/c1-19-3-7-21(8-4-19)17-28-23(34)18-33-26(35)32-12-11-27-24(25(32)29-33)31-15-13-30(14-16-31)22-9-5-20(2)6-10-22/h3-12H,13-18H2,1-2H3,(H,28,34). The molecule has 180 valence electrons. The van der Waals surface area contributed by atoms with E-state index in [4.69, 9.17) is 0 Å². The van der Waals surface area contributed by atoms with Crippen LogP contribution in [0, 0.1) is 13.8 Å². The summed E-state index contributed by atoms with van der Waals surface area (Å²) in [7, 11) is 0. The minimum absolute atomic E-state index is 0.146. The summed E-state index contributed by atoms with van der Waals surface area (Å²) in [5, 5.41) is 7.33. The van der Waals surface area contributed by atoms with E-state index in [1.165, 1.54) is 20.3 Å². The molecule has 0 spiro atoms. The van der Waals surface area contributed by atoms with E-state index >= 15 is 0 Å². The maximum Gasteiger partial charge on any atom is 0.350 e. The highest BCUT2D eigenvalue weighted by molar-refractivity contribution is 5.75. The first kappa shape index (κ1) is 22.6. The number of nitrogens with zero attached hydrogens (tertiary/aromatic N) is 6. The minimum Gasteiger partial charge on any atom is -0.368 e. The average Bonchev–Trinajstić information content (AvgIpc) is 3.19. The topological polar surface area (TPSA) is 87.8 Å². The molecule has 9 heteroatoms. The Labute approximate surface area is 203 Å². The number of piperazine rings is 1. The number of nitrogens with one attached hydrogen (secondary N) is 1. The van der Waals surface area contributed by atoms with Gasteiger partial charge in [-0.15, -0.1) is 5.10 Å². The Bertz CT molecular complexity index is 1380. The van der Waals surface area contributed by atoms with Crippen molar-refractivity contribution >= 4 is 23.1 Å². The lowest BCUT2D eigenvalue weighted by molar-refractivity contribution is -0.122. The molecule has 2 aromatic heterocycles. The lowest BCUT2D eigenvalue weighted by atomic mass is 10.1. The van der Waals surface area contributed by atoms with Crippen molar-refractivity contribution in [2.24, 2.45) is 0 Å². The predicted molar refractivity (Wildman–Crippen MR) is 136 cm³/mol. The third-order valence-corrected chi connectivity index (χ3v) is 6.37. The Kier molecular flexibility index (Phi) is 6.22. The molecule has 1 N–H and O–H groups in total. The van der Waals surface area contributed by atoms with E-state index in [9.17, 15) is 9.59 Å². The molecular formula is C26H29N7O2. The lowest BCUT2D eigenvalue weighted by Gasteiger charge is -2.36. The van der Waals surface area contributed by atoms with Crippen molar-refractivity contribution in [1.82, 2.24) is 24.5 Å². The Morgan fingerprint density at radius 3 is 2.23 bits per heavy atom. The number of anilines is 2. The van der Waals surface area contributed by atoms with E-state index in [0.717, 1.165) is 37.3 Å². The molecule has 1 aliphatic heterocycles. The van der Waals surface area contributed by atoms with E-state index in [2.05, 4.69) is 56.4 Å². The molecule has 0 aliphatic carbocycles. The van der Waals surface area contributed by atoms with Crippen LogP contribution in [0.3, 0.4) is 0 Å². The molecule has 35 heavy (non-hydrogen) atoms. The second kappa shape index (κ2) is 9.61. The number of carbonyl (C=O) groups is 1. The van der Waals surface area contributed by atoms with Crippen molar-refractivity contribution in [3.63, 3.8) is 0 Å². The zero-order valence-corrected chi connectivity index (χ0v) is 20.0. The predicted octanol–water partition coefficient (Wildman–Crippen LogP) is 2.15. The van der Waals surface area contributed by atoms with Crippen molar-refractivity contribution in [2.45, 2.75) is 26.9 Å². The second-order valence-corrected chi connectivity index (χ2v) is 8.96. The van der Waals surface area contributed by atoms with Gasteiger partial charge in [-0.3, -0.25) is 4.79 Å². The fraction of sp³-hybridized carbons (Fsp3) is 0.308. The highest BCUT2D eigenvalue weighted by Crippen LogP contribution is 2.21. The summed E-state index contributed by atoms with van der Waals surface area (Å²) in [6.07, 6.45) is 3.21. The molecule has 9 nitrogen and oxygen atoms in total. The summed E-state index contributed by atoms with van der Waals surface area (Å²) in [6.45, 7) is 7.58. The smallest absolute Gasteiger partial charge is 0.350 e. The van der Waals surface area contributed by atoms with E-state index < -0.39 is 0 Å². The van der Waals surface area contributed by atoms with Gasteiger partial charge in [0.05, 0.1) is 0 Å². The van der Waals surface area contributed by atoms with Gasteiger partial charge in [-0.05, 0) is 31.5 Å². The Morgan fingerprint density at radius 1 is 0.914 bits per heavy atom. The third kappa shape index (κ3) is 4.89. The van der Waals surface area contributed by atoms with E-state index in [1.54, 1.807) is 12.4 Å². The maximum absolute atomic E-state index is 12.9. The lowest BCUT2D eigenvalue weighted by Crippen LogP contribution is -2.47. The van der Waals surface area contributed by atoms with Crippen molar-refractivity contribution in [3.05, 3.63) is 88.1 Å². The zero-order chi connectivity index (χ0) is 24.4. The van der Waals surface area contributed by atoms with Gasteiger partial charge in [0.1, 0.15) is 6.54 Å². The molecule has 1 fully saturated rings. The number of aryl methyl sites for hydroxylation is 2. The highest BCUT2D eigenvalue weighted by Gasteiger charge is 2.22. The molecule has 3 heterocycles. The number of carbonyl (C=O) groups excluding carboxylic acids is 1. The molecule has 1 amide bonds. The average molecular weight is 472 g/mol. The number of hydrogen-bond donors (Lipinski definition) is 1. The van der Waals surface area contributed by atoms with Crippen molar-refractivity contribution < 1.29 is 4.79 Å². The number of hydrogen-bond acceptors (Lipinski definition) is 6. The summed E-state index contributed by atoms with van der Waals surface area (Å²) in [6, 6.07) is 16.5. The molecule has 0 saturated carbocycles. The SMILES string of the molecule is Cc1ccc(CNC(=O)Cn2nc3c(N4CCN(c5ccc(C)cc5)CC4)nccn3c2=O)cc1. The Hall–Kier alpha value is -4.14. The first-order chi connectivity index (χ1) is 17.0.